The highest BCUT2D eigenvalue weighted by atomic mass is 35.5. The molecule has 2 N–H and O–H groups in total. The zero-order chi connectivity index (χ0) is 19.6. The minimum absolute atomic E-state index is 0. The van der Waals surface area contributed by atoms with Crippen LogP contribution in [0.3, 0.4) is 0 Å². The molecule has 0 saturated carbocycles. The molecule has 2 bridgehead atoms. The van der Waals surface area contributed by atoms with E-state index in [0.29, 0.717) is 31.0 Å². The number of rotatable bonds is 6. The standard InChI is InChI=1S/C24H28N4O.2ClH/c29-24(13-19-11-20-8-9-21(12-19)27-20)25-14-17-4-3-5-18(10-17)15-28-16-26-22-6-1-2-7-23(22)28;;/h1-7,10,16,19-21,27H,8-9,11-15H2,(H,25,29);2*1H. The van der Waals surface area contributed by atoms with Gasteiger partial charge in [0.2, 0.25) is 5.91 Å². The van der Waals surface area contributed by atoms with Crippen LogP contribution in [-0.4, -0.2) is 27.5 Å². The van der Waals surface area contributed by atoms with E-state index in [1.54, 1.807) is 0 Å². The molecule has 2 aromatic carbocycles. The summed E-state index contributed by atoms with van der Waals surface area (Å²) < 4.78 is 2.17. The Labute approximate surface area is 195 Å². The number of hydrogen-bond donors (Lipinski definition) is 2. The van der Waals surface area contributed by atoms with Crippen molar-refractivity contribution in [2.45, 2.75) is 57.3 Å². The van der Waals surface area contributed by atoms with Gasteiger partial charge >= 0.3 is 0 Å². The summed E-state index contributed by atoms with van der Waals surface area (Å²) in [5, 5.41) is 6.78. The van der Waals surface area contributed by atoms with Crippen molar-refractivity contribution in [3.63, 3.8) is 0 Å². The number of carbonyl (C=O) groups excluding carboxylic acids is 1. The van der Waals surface area contributed by atoms with Gasteiger partial charge in [-0.2, -0.15) is 0 Å². The summed E-state index contributed by atoms with van der Waals surface area (Å²) >= 11 is 0. The van der Waals surface area contributed by atoms with Gasteiger partial charge in [-0.1, -0.05) is 36.4 Å². The Hall–Kier alpha value is -2.08. The first-order valence-corrected chi connectivity index (χ1v) is 10.7. The smallest absolute Gasteiger partial charge is 0.220 e. The van der Waals surface area contributed by atoms with Gasteiger partial charge in [0.25, 0.3) is 0 Å². The van der Waals surface area contributed by atoms with Gasteiger partial charge in [0, 0.05) is 31.6 Å². The van der Waals surface area contributed by atoms with E-state index >= 15 is 0 Å². The Balaban J connectivity index is 0.00000136. The van der Waals surface area contributed by atoms with E-state index in [9.17, 15) is 4.79 Å². The number of amides is 1. The number of nitrogens with zero attached hydrogens (tertiary/aromatic N) is 2. The van der Waals surface area contributed by atoms with E-state index in [0.717, 1.165) is 36.0 Å². The molecular weight excluding hydrogens is 431 g/mol. The number of imidazole rings is 1. The number of halogens is 2. The maximum Gasteiger partial charge on any atom is 0.220 e. The molecule has 3 aromatic rings. The first-order chi connectivity index (χ1) is 14.2. The molecule has 2 fully saturated rings. The molecule has 0 aliphatic carbocycles. The van der Waals surface area contributed by atoms with Crippen LogP contribution < -0.4 is 10.6 Å². The average molecular weight is 461 g/mol. The molecule has 2 unspecified atom stereocenters. The van der Waals surface area contributed by atoms with Crippen molar-refractivity contribution in [1.29, 1.82) is 0 Å². The van der Waals surface area contributed by atoms with Gasteiger partial charge in [0.05, 0.1) is 17.4 Å². The second-order valence-electron chi connectivity index (χ2n) is 8.64. The SMILES string of the molecule is Cl.Cl.O=C(CC1CC2CCC(C1)N2)NCc1cccc(Cn2cnc3ccccc32)c1. The summed E-state index contributed by atoms with van der Waals surface area (Å²) in [7, 11) is 0. The maximum absolute atomic E-state index is 12.5. The van der Waals surface area contributed by atoms with E-state index in [2.05, 4.69) is 50.5 Å². The lowest BCUT2D eigenvalue weighted by Gasteiger charge is -2.28. The van der Waals surface area contributed by atoms with E-state index in [4.69, 9.17) is 0 Å². The number of fused-ring (bicyclic) bond motifs is 3. The Bertz CT molecular complexity index is 1010. The van der Waals surface area contributed by atoms with Crippen LogP contribution in [0.5, 0.6) is 0 Å². The first-order valence-electron chi connectivity index (χ1n) is 10.7. The maximum atomic E-state index is 12.5. The molecule has 1 amide bonds. The van der Waals surface area contributed by atoms with Crippen molar-refractivity contribution in [2.75, 3.05) is 0 Å². The molecule has 2 saturated heterocycles. The summed E-state index contributed by atoms with van der Waals surface area (Å²) in [6, 6.07) is 17.9. The molecular formula is C24H30Cl2N4O. The number of piperidine rings is 1. The van der Waals surface area contributed by atoms with E-state index < -0.39 is 0 Å². The van der Waals surface area contributed by atoms with Gasteiger partial charge in [0.1, 0.15) is 0 Å². The van der Waals surface area contributed by atoms with E-state index in [1.807, 2.05) is 24.5 Å². The van der Waals surface area contributed by atoms with Crippen molar-refractivity contribution in [1.82, 2.24) is 20.2 Å². The number of aromatic nitrogens is 2. The fourth-order valence-corrected chi connectivity index (χ4v) is 5.05. The van der Waals surface area contributed by atoms with Crippen LogP contribution >= 0.6 is 24.8 Å². The second-order valence-corrected chi connectivity index (χ2v) is 8.64. The molecule has 2 atom stereocenters. The van der Waals surface area contributed by atoms with Gasteiger partial charge in [-0.05, 0) is 54.9 Å². The first kappa shape index (κ1) is 23.6. The Morgan fingerprint density at radius 3 is 2.58 bits per heavy atom. The number of carbonyl (C=O) groups is 1. The fraction of sp³-hybridized carbons (Fsp3) is 0.417. The van der Waals surface area contributed by atoms with Gasteiger partial charge in [-0.25, -0.2) is 4.98 Å². The van der Waals surface area contributed by atoms with Gasteiger partial charge in [-0.15, -0.1) is 24.8 Å². The lowest BCUT2D eigenvalue weighted by molar-refractivity contribution is -0.122. The monoisotopic (exact) mass is 460 g/mol. The molecule has 0 radical (unpaired) electrons. The van der Waals surface area contributed by atoms with Crippen molar-refractivity contribution >= 4 is 41.8 Å². The highest BCUT2D eigenvalue weighted by Crippen LogP contribution is 2.32. The van der Waals surface area contributed by atoms with E-state index in [1.165, 1.54) is 18.4 Å². The predicted molar refractivity (Wildman–Crippen MR) is 129 cm³/mol. The van der Waals surface area contributed by atoms with Crippen LogP contribution in [0.25, 0.3) is 11.0 Å². The third-order valence-electron chi connectivity index (χ3n) is 6.41. The number of hydrogen-bond acceptors (Lipinski definition) is 3. The predicted octanol–water partition coefficient (Wildman–Crippen LogP) is 4.47. The molecule has 2 aliphatic heterocycles. The van der Waals surface area contributed by atoms with Crippen LogP contribution in [-0.2, 0) is 17.9 Å². The summed E-state index contributed by atoms with van der Waals surface area (Å²) in [5.74, 6) is 0.719. The van der Waals surface area contributed by atoms with Crippen LogP contribution in [0.4, 0.5) is 0 Å². The van der Waals surface area contributed by atoms with Gasteiger partial charge in [-0.3, -0.25) is 4.79 Å². The van der Waals surface area contributed by atoms with Crippen molar-refractivity contribution in [2.24, 2.45) is 5.92 Å². The van der Waals surface area contributed by atoms with Crippen LogP contribution in [0.15, 0.2) is 54.9 Å². The normalized spacial score (nSPS) is 21.9. The highest BCUT2D eigenvalue weighted by molar-refractivity contribution is 5.85. The summed E-state index contributed by atoms with van der Waals surface area (Å²) in [6.45, 7) is 1.37. The van der Waals surface area contributed by atoms with Crippen LogP contribution in [0.2, 0.25) is 0 Å². The Morgan fingerprint density at radius 2 is 1.77 bits per heavy atom. The third kappa shape index (κ3) is 5.59. The number of benzene rings is 2. The van der Waals surface area contributed by atoms with Crippen molar-refractivity contribution in [3.8, 4) is 0 Å². The number of para-hydroxylation sites is 2. The Kier molecular flexibility index (Phi) is 7.98. The quantitative estimate of drug-likeness (QED) is 0.570. The molecule has 5 nitrogen and oxygen atoms in total. The zero-order valence-corrected chi connectivity index (χ0v) is 19.1. The van der Waals surface area contributed by atoms with Crippen molar-refractivity contribution in [3.05, 3.63) is 66.0 Å². The minimum atomic E-state index is 0. The molecule has 2 aliphatic rings. The van der Waals surface area contributed by atoms with Gasteiger partial charge in [0.15, 0.2) is 0 Å². The summed E-state index contributed by atoms with van der Waals surface area (Å²) in [6.07, 6.45) is 7.42. The molecule has 0 spiro atoms. The van der Waals surface area contributed by atoms with Crippen LogP contribution in [0, 0.1) is 5.92 Å². The van der Waals surface area contributed by atoms with Crippen LogP contribution in [0.1, 0.15) is 43.2 Å². The molecule has 1 aromatic heterocycles. The molecule has 166 valence electrons. The summed E-state index contributed by atoms with van der Waals surface area (Å²) in [4.78, 5) is 16.9. The van der Waals surface area contributed by atoms with Gasteiger partial charge < -0.3 is 15.2 Å². The fourth-order valence-electron chi connectivity index (χ4n) is 5.05. The van der Waals surface area contributed by atoms with E-state index in [-0.39, 0.29) is 30.7 Å². The topological polar surface area (TPSA) is 59.0 Å². The number of nitrogens with one attached hydrogen (secondary N) is 2. The lowest BCUT2D eigenvalue weighted by Crippen LogP contribution is -2.39. The molecule has 3 heterocycles. The summed E-state index contributed by atoms with van der Waals surface area (Å²) in [5.41, 5.74) is 4.52. The largest absolute Gasteiger partial charge is 0.352 e. The van der Waals surface area contributed by atoms with Crippen molar-refractivity contribution < 1.29 is 4.79 Å². The highest BCUT2D eigenvalue weighted by Gasteiger charge is 2.34. The second kappa shape index (κ2) is 10.5. The zero-order valence-electron chi connectivity index (χ0n) is 17.5. The third-order valence-corrected chi connectivity index (χ3v) is 6.41. The molecule has 7 heteroatoms. The average Bonchev–Trinajstić information content (AvgIpc) is 3.29. The Morgan fingerprint density at radius 1 is 1.03 bits per heavy atom. The minimum Gasteiger partial charge on any atom is -0.352 e. The molecule has 5 rings (SSSR count). The lowest BCUT2D eigenvalue weighted by atomic mass is 9.89. The molecule has 31 heavy (non-hydrogen) atoms.